The molecule has 0 bridgehead atoms. The molecular weight excluding hydrogens is 365 g/mol. The van der Waals surface area contributed by atoms with E-state index in [2.05, 4.69) is 5.32 Å². The smallest absolute Gasteiger partial charge is 0.293 e. The standard InChI is InChI=1S/C20H22FN3O4/c1-13-3-4-15(11-17(13)21)14(2)22-18-6-5-16(12-19(18)24(26)27)20(25)23-7-9-28-10-8-23/h3-6,11-12,14,22H,7-10H2,1-2H3. The van der Waals surface area contributed by atoms with Crippen LogP contribution in [-0.2, 0) is 4.74 Å². The molecule has 8 heteroatoms. The zero-order valence-corrected chi connectivity index (χ0v) is 15.8. The third-order valence-electron chi connectivity index (χ3n) is 4.81. The minimum atomic E-state index is -0.527. The number of hydrogen-bond donors (Lipinski definition) is 1. The van der Waals surface area contributed by atoms with E-state index in [0.29, 0.717) is 37.4 Å². The number of nitrogens with zero attached hydrogens (tertiary/aromatic N) is 2. The summed E-state index contributed by atoms with van der Waals surface area (Å²) in [5.41, 5.74) is 1.54. The quantitative estimate of drug-likeness (QED) is 0.625. The predicted octanol–water partition coefficient (Wildman–Crippen LogP) is 3.69. The van der Waals surface area contributed by atoms with Crippen LogP contribution >= 0.6 is 0 Å². The lowest BCUT2D eigenvalue weighted by molar-refractivity contribution is -0.384. The van der Waals surface area contributed by atoms with E-state index in [-0.39, 0.29) is 34.7 Å². The average molecular weight is 387 g/mol. The van der Waals surface area contributed by atoms with E-state index in [9.17, 15) is 19.3 Å². The summed E-state index contributed by atoms with van der Waals surface area (Å²) < 4.78 is 19.0. The van der Waals surface area contributed by atoms with Gasteiger partial charge in [-0.15, -0.1) is 0 Å². The maximum absolute atomic E-state index is 13.8. The van der Waals surface area contributed by atoms with E-state index in [1.165, 1.54) is 18.2 Å². The van der Waals surface area contributed by atoms with Crippen LogP contribution < -0.4 is 5.32 Å². The maximum atomic E-state index is 13.8. The topological polar surface area (TPSA) is 84.7 Å². The molecule has 2 aromatic rings. The Bertz CT molecular complexity index is 897. The van der Waals surface area contributed by atoms with Gasteiger partial charge in [0, 0.05) is 30.8 Å². The van der Waals surface area contributed by atoms with Crippen LogP contribution in [0.1, 0.15) is 34.5 Å². The van der Waals surface area contributed by atoms with Gasteiger partial charge in [-0.25, -0.2) is 4.39 Å². The SMILES string of the molecule is Cc1ccc(C(C)Nc2ccc(C(=O)N3CCOCC3)cc2[N+](=O)[O-])cc1F. The van der Waals surface area contributed by atoms with Crippen molar-refractivity contribution in [1.82, 2.24) is 4.90 Å². The highest BCUT2D eigenvalue weighted by atomic mass is 19.1. The Kier molecular flexibility index (Phi) is 5.89. The number of nitro benzene ring substituents is 1. The van der Waals surface area contributed by atoms with E-state index in [0.717, 1.165) is 0 Å². The molecule has 0 aliphatic carbocycles. The number of nitrogens with one attached hydrogen (secondary N) is 1. The van der Waals surface area contributed by atoms with Crippen LogP contribution in [0.15, 0.2) is 36.4 Å². The molecule has 1 heterocycles. The number of carbonyl (C=O) groups excluding carboxylic acids is 1. The van der Waals surface area contributed by atoms with Crippen LogP contribution in [0.25, 0.3) is 0 Å². The number of halogens is 1. The van der Waals surface area contributed by atoms with Crippen LogP contribution in [0.5, 0.6) is 0 Å². The lowest BCUT2D eigenvalue weighted by atomic mass is 10.0. The highest BCUT2D eigenvalue weighted by Gasteiger charge is 2.23. The van der Waals surface area contributed by atoms with Crippen LogP contribution in [0.2, 0.25) is 0 Å². The fourth-order valence-corrected chi connectivity index (χ4v) is 3.08. The number of nitro groups is 1. The summed E-state index contributed by atoms with van der Waals surface area (Å²) in [4.78, 5) is 25.2. The second kappa shape index (κ2) is 8.35. The molecule has 1 aliphatic heterocycles. The van der Waals surface area contributed by atoms with E-state index in [4.69, 9.17) is 4.74 Å². The van der Waals surface area contributed by atoms with Crippen molar-refractivity contribution < 1.29 is 18.8 Å². The fourth-order valence-electron chi connectivity index (χ4n) is 3.08. The van der Waals surface area contributed by atoms with Crippen molar-refractivity contribution in [3.05, 3.63) is 69.0 Å². The number of anilines is 1. The van der Waals surface area contributed by atoms with Crippen LogP contribution in [0.3, 0.4) is 0 Å². The fraction of sp³-hybridized carbons (Fsp3) is 0.350. The van der Waals surface area contributed by atoms with E-state index in [1.54, 1.807) is 36.9 Å². The first-order valence-electron chi connectivity index (χ1n) is 9.05. The molecule has 2 aromatic carbocycles. The van der Waals surface area contributed by atoms with Crippen LogP contribution in [0.4, 0.5) is 15.8 Å². The van der Waals surface area contributed by atoms with Gasteiger partial charge in [0.05, 0.1) is 18.1 Å². The minimum absolute atomic E-state index is 0.196. The summed E-state index contributed by atoms with van der Waals surface area (Å²) in [6.07, 6.45) is 0. The van der Waals surface area contributed by atoms with Crippen molar-refractivity contribution in [1.29, 1.82) is 0 Å². The minimum Gasteiger partial charge on any atom is -0.378 e. The van der Waals surface area contributed by atoms with Gasteiger partial charge in [-0.3, -0.25) is 14.9 Å². The van der Waals surface area contributed by atoms with E-state index >= 15 is 0 Å². The second-order valence-electron chi connectivity index (χ2n) is 6.77. The summed E-state index contributed by atoms with van der Waals surface area (Å²) >= 11 is 0. The number of morpholine rings is 1. The molecule has 148 valence electrons. The van der Waals surface area contributed by atoms with Gasteiger partial charge < -0.3 is 15.0 Å². The van der Waals surface area contributed by atoms with Gasteiger partial charge in [-0.05, 0) is 43.2 Å². The predicted molar refractivity (Wildman–Crippen MR) is 103 cm³/mol. The lowest BCUT2D eigenvalue weighted by Crippen LogP contribution is -2.40. The maximum Gasteiger partial charge on any atom is 0.293 e. The van der Waals surface area contributed by atoms with Crippen molar-refractivity contribution in [2.45, 2.75) is 19.9 Å². The van der Waals surface area contributed by atoms with Gasteiger partial charge in [0.15, 0.2) is 0 Å². The third-order valence-corrected chi connectivity index (χ3v) is 4.81. The molecular formula is C20H22FN3O4. The van der Waals surface area contributed by atoms with Gasteiger partial charge >= 0.3 is 0 Å². The third kappa shape index (κ3) is 4.28. The van der Waals surface area contributed by atoms with Crippen LogP contribution in [-0.4, -0.2) is 42.0 Å². The lowest BCUT2D eigenvalue weighted by Gasteiger charge is -2.27. The number of ether oxygens (including phenoxy) is 1. The average Bonchev–Trinajstić information content (AvgIpc) is 2.70. The van der Waals surface area contributed by atoms with Crippen molar-refractivity contribution in [2.24, 2.45) is 0 Å². The highest BCUT2D eigenvalue weighted by Crippen LogP contribution is 2.30. The van der Waals surface area contributed by atoms with Crippen molar-refractivity contribution in [3.63, 3.8) is 0 Å². The molecule has 28 heavy (non-hydrogen) atoms. The molecule has 1 unspecified atom stereocenters. The van der Waals surface area contributed by atoms with E-state index < -0.39 is 4.92 Å². The number of hydrogen-bond acceptors (Lipinski definition) is 5. The van der Waals surface area contributed by atoms with Crippen molar-refractivity contribution >= 4 is 17.3 Å². The monoisotopic (exact) mass is 387 g/mol. The molecule has 0 saturated carbocycles. The Morgan fingerprint density at radius 1 is 1.25 bits per heavy atom. The Balaban J connectivity index is 1.83. The molecule has 0 spiro atoms. The number of aryl methyl sites for hydroxylation is 1. The molecule has 0 aromatic heterocycles. The van der Waals surface area contributed by atoms with Crippen molar-refractivity contribution in [3.8, 4) is 0 Å². The van der Waals surface area contributed by atoms with Gasteiger partial charge in [0.25, 0.3) is 11.6 Å². The second-order valence-corrected chi connectivity index (χ2v) is 6.77. The Morgan fingerprint density at radius 3 is 2.61 bits per heavy atom. The zero-order valence-electron chi connectivity index (χ0n) is 15.8. The van der Waals surface area contributed by atoms with Gasteiger partial charge in [-0.2, -0.15) is 0 Å². The Hall–Kier alpha value is -3.00. The van der Waals surface area contributed by atoms with Gasteiger partial charge in [0.2, 0.25) is 0 Å². The summed E-state index contributed by atoms with van der Waals surface area (Å²) in [6, 6.07) is 8.87. The molecule has 1 atom stereocenters. The molecule has 1 saturated heterocycles. The molecule has 0 radical (unpaired) electrons. The normalized spacial score (nSPS) is 15.2. The molecule has 7 nitrogen and oxygen atoms in total. The first-order valence-corrected chi connectivity index (χ1v) is 9.05. The first-order chi connectivity index (χ1) is 13.4. The molecule has 3 rings (SSSR count). The Labute approximate surface area is 162 Å². The molecule has 1 aliphatic rings. The number of benzene rings is 2. The number of carbonyl (C=O) groups is 1. The highest BCUT2D eigenvalue weighted by molar-refractivity contribution is 5.95. The van der Waals surface area contributed by atoms with Gasteiger partial charge in [0.1, 0.15) is 11.5 Å². The largest absolute Gasteiger partial charge is 0.378 e. The summed E-state index contributed by atoms with van der Waals surface area (Å²) in [7, 11) is 0. The summed E-state index contributed by atoms with van der Waals surface area (Å²) in [5.74, 6) is -0.585. The van der Waals surface area contributed by atoms with E-state index in [1.807, 2.05) is 0 Å². The molecule has 1 N–H and O–H groups in total. The van der Waals surface area contributed by atoms with Gasteiger partial charge in [-0.1, -0.05) is 12.1 Å². The summed E-state index contributed by atoms with van der Waals surface area (Å²) in [6.45, 7) is 5.30. The number of rotatable bonds is 5. The summed E-state index contributed by atoms with van der Waals surface area (Å²) in [5, 5.41) is 14.6. The van der Waals surface area contributed by atoms with Crippen LogP contribution in [0, 0.1) is 22.9 Å². The zero-order chi connectivity index (χ0) is 20.3. The molecule has 1 fully saturated rings. The molecule has 1 amide bonds. The number of amides is 1. The van der Waals surface area contributed by atoms with Crippen molar-refractivity contribution in [2.75, 3.05) is 31.6 Å². The first kappa shape index (κ1) is 19.8. The Morgan fingerprint density at radius 2 is 1.96 bits per heavy atom.